The molecule has 0 aromatic heterocycles. The smallest absolute Gasteiger partial charge is 0.137 e. The first-order chi connectivity index (χ1) is 10.2. The highest BCUT2D eigenvalue weighted by atomic mass is 79.9. The highest BCUT2D eigenvalue weighted by Crippen LogP contribution is 2.32. The van der Waals surface area contributed by atoms with Gasteiger partial charge in [0.2, 0.25) is 0 Å². The molecule has 4 heteroatoms. The van der Waals surface area contributed by atoms with Gasteiger partial charge in [0, 0.05) is 21.8 Å². The number of fused-ring (bicyclic) bond motifs is 1. The third kappa shape index (κ3) is 3.27. The molecule has 1 unspecified atom stereocenters. The summed E-state index contributed by atoms with van der Waals surface area (Å²) in [6.07, 6.45) is 1.00. The Balaban J connectivity index is 1.70. The summed E-state index contributed by atoms with van der Waals surface area (Å²) in [7, 11) is 0. The lowest BCUT2D eigenvalue weighted by atomic mass is 10.1. The molecule has 2 aromatic rings. The number of alkyl halides is 1. The number of hydrogen-bond acceptors (Lipinski definition) is 2. The van der Waals surface area contributed by atoms with Gasteiger partial charge in [-0.05, 0) is 36.2 Å². The van der Waals surface area contributed by atoms with E-state index in [0.29, 0.717) is 6.61 Å². The van der Waals surface area contributed by atoms with Crippen LogP contribution in [0.25, 0.3) is 0 Å². The fraction of sp³-hybridized carbons (Fsp3) is 0.294. The summed E-state index contributed by atoms with van der Waals surface area (Å²) in [6.45, 7) is 2.63. The number of para-hydroxylation sites is 1. The molecule has 2 nitrogen and oxygen atoms in total. The van der Waals surface area contributed by atoms with E-state index >= 15 is 0 Å². The molecule has 1 atom stereocenters. The van der Waals surface area contributed by atoms with Crippen molar-refractivity contribution in [2.75, 3.05) is 6.61 Å². The Morgan fingerprint density at radius 1 is 1.29 bits per heavy atom. The van der Waals surface area contributed by atoms with Crippen LogP contribution in [0.1, 0.15) is 16.7 Å². The normalized spacial score (nSPS) is 16.4. The van der Waals surface area contributed by atoms with Crippen molar-refractivity contribution in [2.45, 2.75) is 24.8 Å². The summed E-state index contributed by atoms with van der Waals surface area (Å²) in [5.74, 6) is 1.94. The van der Waals surface area contributed by atoms with Crippen molar-refractivity contribution in [1.29, 1.82) is 0 Å². The quantitative estimate of drug-likeness (QED) is 0.656. The number of halogens is 2. The molecule has 0 saturated carbocycles. The highest BCUT2D eigenvalue weighted by molar-refractivity contribution is 9.10. The second-order valence-corrected chi connectivity index (χ2v) is 6.68. The molecule has 0 spiro atoms. The van der Waals surface area contributed by atoms with Crippen LogP contribution in [0.15, 0.2) is 40.9 Å². The van der Waals surface area contributed by atoms with Crippen LogP contribution in [0.4, 0.5) is 0 Å². The van der Waals surface area contributed by atoms with Crippen LogP contribution >= 0.6 is 31.9 Å². The first kappa shape index (κ1) is 14.9. The van der Waals surface area contributed by atoms with Crippen molar-refractivity contribution in [3.63, 3.8) is 0 Å². The molecule has 1 aliphatic heterocycles. The third-order valence-electron chi connectivity index (χ3n) is 3.59. The molecule has 21 heavy (non-hydrogen) atoms. The second-order valence-electron chi connectivity index (χ2n) is 5.21. The summed E-state index contributed by atoms with van der Waals surface area (Å²) < 4.78 is 13.0. The summed E-state index contributed by atoms with van der Waals surface area (Å²) in [5.41, 5.74) is 3.55. The Bertz CT molecular complexity index is 630. The van der Waals surface area contributed by atoms with E-state index < -0.39 is 0 Å². The Kier molecular flexibility index (Phi) is 4.55. The van der Waals surface area contributed by atoms with Crippen LogP contribution in [0.2, 0.25) is 0 Å². The molecule has 0 fully saturated rings. The van der Waals surface area contributed by atoms with Gasteiger partial charge in [-0.2, -0.15) is 0 Å². The minimum absolute atomic E-state index is 0.0913. The van der Waals surface area contributed by atoms with Gasteiger partial charge in [-0.25, -0.2) is 0 Å². The Labute approximate surface area is 141 Å². The molecular formula is C17H16Br2O2. The minimum Gasteiger partial charge on any atom is -0.489 e. The molecule has 2 aromatic carbocycles. The predicted molar refractivity (Wildman–Crippen MR) is 91.6 cm³/mol. The summed E-state index contributed by atoms with van der Waals surface area (Å²) in [4.78, 5) is 0. The lowest BCUT2D eigenvalue weighted by molar-refractivity contribution is 0.147. The fourth-order valence-corrected chi connectivity index (χ4v) is 3.66. The van der Waals surface area contributed by atoms with Crippen molar-refractivity contribution in [3.8, 4) is 11.5 Å². The number of hydrogen-bond donors (Lipinski definition) is 0. The van der Waals surface area contributed by atoms with Crippen molar-refractivity contribution < 1.29 is 9.47 Å². The van der Waals surface area contributed by atoms with Crippen LogP contribution in [0.5, 0.6) is 11.5 Å². The van der Waals surface area contributed by atoms with Crippen LogP contribution in [0.3, 0.4) is 0 Å². The fourth-order valence-electron chi connectivity index (χ4n) is 2.63. The third-order valence-corrected chi connectivity index (χ3v) is 4.65. The van der Waals surface area contributed by atoms with Gasteiger partial charge in [0.1, 0.15) is 24.2 Å². The van der Waals surface area contributed by atoms with E-state index in [1.54, 1.807) is 0 Å². The first-order valence-electron chi connectivity index (χ1n) is 6.89. The molecule has 0 aliphatic carbocycles. The molecule has 0 bridgehead atoms. The van der Waals surface area contributed by atoms with Crippen LogP contribution in [-0.4, -0.2) is 12.7 Å². The number of rotatable bonds is 4. The average Bonchev–Trinajstić information content (AvgIpc) is 2.88. The van der Waals surface area contributed by atoms with E-state index in [9.17, 15) is 0 Å². The SMILES string of the molecule is Cc1cc(Br)cc(CBr)c1OCC1Cc2ccccc2O1. The Morgan fingerprint density at radius 2 is 2.10 bits per heavy atom. The maximum atomic E-state index is 6.05. The van der Waals surface area contributed by atoms with E-state index in [4.69, 9.17) is 9.47 Å². The first-order valence-corrected chi connectivity index (χ1v) is 8.81. The number of aryl methyl sites for hydroxylation is 1. The van der Waals surface area contributed by atoms with Gasteiger partial charge < -0.3 is 9.47 Å². The van der Waals surface area contributed by atoms with Gasteiger partial charge in [0.05, 0.1) is 0 Å². The molecule has 3 rings (SSSR count). The number of ether oxygens (including phenoxy) is 2. The van der Waals surface area contributed by atoms with Gasteiger partial charge in [0.15, 0.2) is 0 Å². The van der Waals surface area contributed by atoms with Gasteiger partial charge in [-0.15, -0.1) is 0 Å². The molecule has 1 heterocycles. The zero-order valence-corrected chi connectivity index (χ0v) is 14.9. The predicted octanol–water partition coefficient (Wildman–Crippen LogP) is 5.03. The molecule has 110 valence electrons. The van der Waals surface area contributed by atoms with E-state index in [1.165, 1.54) is 5.56 Å². The molecule has 0 saturated heterocycles. The van der Waals surface area contributed by atoms with E-state index in [-0.39, 0.29) is 6.10 Å². The van der Waals surface area contributed by atoms with Crippen LogP contribution in [0, 0.1) is 6.92 Å². The van der Waals surface area contributed by atoms with Crippen molar-refractivity contribution >= 4 is 31.9 Å². The zero-order chi connectivity index (χ0) is 14.8. The lowest BCUT2D eigenvalue weighted by Gasteiger charge is -2.17. The molecule has 0 amide bonds. The molecule has 1 aliphatic rings. The van der Waals surface area contributed by atoms with Gasteiger partial charge in [0.25, 0.3) is 0 Å². The zero-order valence-electron chi connectivity index (χ0n) is 11.7. The summed E-state index contributed by atoms with van der Waals surface area (Å²) >= 11 is 7.05. The van der Waals surface area contributed by atoms with Crippen molar-refractivity contribution in [2.24, 2.45) is 0 Å². The molecule has 0 N–H and O–H groups in total. The van der Waals surface area contributed by atoms with Gasteiger partial charge >= 0.3 is 0 Å². The maximum Gasteiger partial charge on any atom is 0.137 e. The van der Waals surface area contributed by atoms with Gasteiger partial charge in [-0.1, -0.05) is 50.1 Å². The van der Waals surface area contributed by atoms with Crippen LogP contribution in [-0.2, 0) is 11.8 Å². The van der Waals surface area contributed by atoms with Crippen LogP contribution < -0.4 is 9.47 Å². The molecule has 0 radical (unpaired) electrons. The van der Waals surface area contributed by atoms with Crippen molar-refractivity contribution in [3.05, 3.63) is 57.6 Å². The van der Waals surface area contributed by atoms with E-state index in [2.05, 4.69) is 57.0 Å². The second kappa shape index (κ2) is 6.41. The summed E-state index contributed by atoms with van der Waals surface area (Å²) in [5, 5.41) is 0.772. The highest BCUT2D eigenvalue weighted by Gasteiger charge is 2.23. The Morgan fingerprint density at radius 3 is 2.86 bits per heavy atom. The van der Waals surface area contributed by atoms with E-state index in [0.717, 1.165) is 38.8 Å². The Hall–Kier alpha value is -1.00. The monoisotopic (exact) mass is 410 g/mol. The van der Waals surface area contributed by atoms with E-state index in [1.807, 2.05) is 18.2 Å². The lowest BCUT2D eigenvalue weighted by Crippen LogP contribution is -2.23. The molecular weight excluding hydrogens is 396 g/mol. The maximum absolute atomic E-state index is 6.05. The standard InChI is InChI=1S/C17H16Br2O2/c1-11-6-14(19)7-13(9-18)17(11)20-10-15-8-12-4-2-3-5-16(12)21-15/h2-7,15H,8-10H2,1H3. The topological polar surface area (TPSA) is 18.5 Å². The van der Waals surface area contributed by atoms with Crippen molar-refractivity contribution in [1.82, 2.24) is 0 Å². The largest absolute Gasteiger partial charge is 0.489 e. The average molecular weight is 412 g/mol. The summed E-state index contributed by atoms with van der Waals surface area (Å²) in [6, 6.07) is 12.3. The number of benzene rings is 2. The van der Waals surface area contributed by atoms with Gasteiger partial charge in [-0.3, -0.25) is 0 Å². The minimum atomic E-state index is 0.0913.